The molecular formula is C20H17NO. The maximum Gasteiger partial charge on any atom is 0.137 e. The predicted octanol–water partition coefficient (Wildman–Crippen LogP) is 5.95. The number of hydrogen-bond donors (Lipinski definition) is 1. The Balaban J connectivity index is 1.91. The van der Waals surface area contributed by atoms with Gasteiger partial charge in [-0.25, -0.2) is 0 Å². The van der Waals surface area contributed by atoms with Gasteiger partial charge in [0.1, 0.15) is 11.2 Å². The average molecular weight is 287 g/mol. The molecule has 1 N–H and O–H groups in total. The molecular weight excluding hydrogens is 270 g/mol. The summed E-state index contributed by atoms with van der Waals surface area (Å²) in [5.74, 6) is 0. The lowest BCUT2D eigenvalue weighted by Gasteiger charge is -2.11. The molecule has 0 amide bonds. The van der Waals surface area contributed by atoms with Crippen LogP contribution in [-0.2, 0) is 0 Å². The Morgan fingerprint density at radius 3 is 2.45 bits per heavy atom. The van der Waals surface area contributed by atoms with E-state index >= 15 is 0 Å². The van der Waals surface area contributed by atoms with Crippen LogP contribution in [-0.4, -0.2) is 0 Å². The van der Waals surface area contributed by atoms with Gasteiger partial charge in [-0.2, -0.15) is 0 Å². The van der Waals surface area contributed by atoms with E-state index < -0.39 is 0 Å². The zero-order chi connectivity index (χ0) is 15.1. The summed E-state index contributed by atoms with van der Waals surface area (Å²) in [6.45, 7) is 4.24. The van der Waals surface area contributed by atoms with Crippen LogP contribution in [0.15, 0.2) is 65.1 Å². The highest BCUT2D eigenvalue weighted by molar-refractivity contribution is 6.11. The molecule has 4 rings (SSSR count). The van der Waals surface area contributed by atoms with Gasteiger partial charge in [-0.3, -0.25) is 0 Å². The summed E-state index contributed by atoms with van der Waals surface area (Å²) in [4.78, 5) is 0. The molecule has 0 spiro atoms. The van der Waals surface area contributed by atoms with Gasteiger partial charge in [-0.1, -0.05) is 42.0 Å². The Morgan fingerprint density at radius 1 is 0.773 bits per heavy atom. The van der Waals surface area contributed by atoms with Crippen LogP contribution < -0.4 is 5.32 Å². The summed E-state index contributed by atoms with van der Waals surface area (Å²) in [7, 11) is 0. The molecule has 2 heteroatoms. The van der Waals surface area contributed by atoms with Gasteiger partial charge in [0.05, 0.1) is 11.1 Å². The average Bonchev–Trinajstić information content (AvgIpc) is 2.89. The van der Waals surface area contributed by atoms with Crippen molar-refractivity contribution >= 4 is 33.3 Å². The minimum Gasteiger partial charge on any atom is -0.456 e. The van der Waals surface area contributed by atoms with Crippen LogP contribution in [0.5, 0.6) is 0 Å². The number of anilines is 2. The molecule has 1 heterocycles. The van der Waals surface area contributed by atoms with Crippen LogP contribution in [0, 0.1) is 13.8 Å². The molecule has 0 radical (unpaired) electrons. The molecule has 108 valence electrons. The summed E-state index contributed by atoms with van der Waals surface area (Å²) in [5, 5.41) is 5.84. The van der Waals surface area contributed by atoms with Crippen molar-refractivity contribution in [1.82, 2.24) is 0 Å². The fourth-order valence-electron chi connectivity index (χ4n) is 2.98. The van der Waals surface area contributed by atoms with Crippen molar-refractivity contribution < 1.29 is 4.42 Å². The number of para-hydroxylation sites is 1. The molecule has 22 heavy (non-hydrogen) atoms. The SMILES string of the molecule is Cc1ccc(Nc2cccc3oc4ccccc4c23)c(C)c1. The quantitative estimate of drug-likeness (QED) is 0.493. The number of aryl methyl sites for hydroxylation is 2. The van der Waals surface area contributed by atoms with Gasteiger partial charge in [0.2, 0.25) is 0 Å². The standard InChI is InChI=1S/C20H17NO/c1-13-10-11-16(14(2)12-13)21-17-7-5-9-19-20(17)15-6-3-4-8-18(15)22-19/h3-12,21H,1-2H3. The molecule has 0 aliphatic heterocycles. The smallest absolute Gasteiger partial charge is 0.137 e. The van der Waals surface area contributed by atoms with Gasteiger partial charge >= 0.3 is 0 Å². The molecule has 0 saturated heterocycles. The molecule has 3 aromatic carbocycles. The normalized spacial score (nSPS) is 11.2. The Labute approximate surface area is 129 Å². The molecule has 0 aliphatic carbocycles. The van der Waals surface area contributed by atoms with E-state index in [-0.39, 0.29) is 0 Å². The van der Waals surface area contributed by atoms with Crippen LogP contribution >= 0.6 is 0 Å². The van der Waals surface area contributed by atoms with Gasteiger partial charge in [0.25, 0.3) is 0 Å². The van der Waals surface area contributed by atoms with Crippen LogP contribution in [0.3, 0.4) is 0 Å². The molecule has 1 aromatic heterocycles. The monoisotopic (exact) mass is 287 g/mol. The van der Waals surface area contributed by atoms with Crippen molar-refractivity contribution in [2.75, 3.05) is 5.32 Å². The van der Waals surface area contributed by atoms with E-state index in [0.29, 0.717) is 0 Å². The van der Waals surface area contributed by atoms with E-state index in [2.05, 4.69) is 49.5 Å². The van der Waals surface area contributed by atoms with Crippen molar-refractivity contribution in [2.45, 2.75) is 13.8 Å². The molecule has 0 aliphatic rings. The number of fused-ring (bicyclic) bond motifs is 3. The number of hydrogen-bond acceptors (Lipinski definition) is 2. The van der Waals surface area contributed by atoms with Gasteiger partial charge in [0.15, 0.2) is 0 Å². The van der Waals surface area contributed by atoms with Crippen molar-refractivity contribution in [3.63, 3.8) is 0 Å². The van der Waals surface area contributed by atoms with E-state index in [1.54, 1.807) is 0 Å². The molecule has 2 nitrogen and oxygen atoms in total. The third-order valence-electron chi connectivity index (χ3n) is 4.05. The first kappa shape index (κ1) is 13.0. The minimum absolute atomic E-state index is 0.913. The summed E-state index contributed by atoms with van der Waals surface area (Å²) < 4.78 is 5.94. The number of nitrogens with one attached hydrogen (secondary N) is 1. The molecule has 0 atom stereocenters. The lowest BCUT2D eigenvalue weighted by molar-refractivity contribution is 0.669. The minimum atomic E-state index is 0.913. The molecule has 0 bridgehead atoms. The third kappa shape index (κ3) is 2.04. The highest BCUT2D eigenvalue weighted by Crippen LogP contribution is 2.35. The van der Waals surface area contributed by atoms with Crippen molar-refractivity contribution in [3.05, 3.63) is 71.8 Å². The first-order valence-corrected chi connectivity index (χ1v) is 7.47. The number of benzene rings is 3. The van der Waals surface area contributed by atoms with Crippen molar-refractivity contribution in [3.8, 4) is 0 Å². The maximum atomic E-state index is 5.94. The third-order valence-corrected chi connectivity index (χ3v) is 4.05. The topological polar surface area (TPSA) is 25.2 Å². The number of rotatable bonds is 2. The first-order chi connectivity index (χ1) is 10.7. The highest BCUT2D eigenvalue weighted by Gasteiger charge is 2.11. The second kappa shape index (κ2) is 4.92. The highest BCUT2D eigenvalue weighted by atomic mass is 16.3. The van der Waals surface area contributed by atoms with Gasteiger partial charge in [-0.05, 0) is 43.7 Å². The number of furan rings is 1. The fourth-order valence-corrected chi connectivity index (χ4v) is 2.98. The van der Waals surface area contributed by atoms with E-state index in [0.717, 1.165) is 33.3 Å². The fraction of sp³-hybridized carbons (Fsp3) is 0.100. The second-order valence-electron chi connectivity index (χ2n) is 5.72. The Hall–Kier alpha value is -2.74. The van der Waals surface area contributed by atoms with Gasteiger partial charge < -0.3 is 9.73 Å². The Morgan fingerprint density at radius 2 is 1.59 bits per heavy atom. The lowest BCUT2D eigenvalue weighted by Crippen LogP contribution is -1.94. The predicted molar refractivity (Wildman–Crippen MR) is 92.9 cm³/mol. The molecule has 0 saturated carbocycles. The summed E-state index contributed by atoms with van der Waals surface area (Å²) in [6.07, 6.45) is 0. The second-order valence-corrected chi connectivity index (χ2v) is 5.72. The zero-order valence-electron chi connectivity index (χ0n) is 12.7. The van der Waals surface area contributed by atoms with Crippen LogP contribution in [0.25, 0.3) is 21.9 Å². The zero-order valence-corrected chi connectivity index (χ0v) is 12.7. The van der Waals surface area contributed by atoms with Crippen molar-refractivity contribution in [2.24, 2.45) is 0 Å². The Bertz CT molecular complexity index is 982. The van der Waals surface area contributed by atoms with E-state index in [9.17, 15) is 0 Å². The molecule has 4 aromatic rings. The van der Waals surface area contributed by atoms with Crippen LogP contribution in [0.1, 0.15) is 11.1 Å². The van der Waals surface area contributed by atoms with Crippen molar-refractivity contribution in [1.29, 1.82) is 0 Å². The summed E-state index contributed by atoms with van der Waals surface area (Å²) >= 11 is 0. The van der Waals surface area contributed by atoms with Gasteiger partial charge in [-0.15, -0.1) is 0 Å². The van der Waals surface area contributed by atoms with Crippen LogP contribution in [0.2, 0.25) is 0 Å². The van der Waals surface area contributed by atoms with Gasteiger partial charge in [0, 0.05) is 11.1 Å². The van der Waals surface area contributed by atoms with Crippen LogP contribution in [0.4, 0.5) is 11.4 Å². The maximum absolute atomic E-state index is 5.94. The van der Waals surface area contributed by atoms with E-state index in [1.807, 2.05) is 30.3 Å². The lowest BCUT2D eigenvalue weighted by atomic mass is 10.1. The summed E-state index contributed by atoms with van der Waals surface area (Å²) in [5.41, 5.74) is 6.56. The largest absolute Gasteiger partial charge is 0.456 e. The summed E-state index contributed by atoms with van der Waals surface area (Å²) in [6, 6.07) is 20.8. The molecule has 0 unspecified atom stereocenters. The van der Waals surface area contributed by atoms with E-state index in [1.165, 1.54) is 11.1 Å². The van der Waals surface area contributed by atoms with E-state index in [4.69, 9.17) is 4.42 Å². The first-order valence-electron chi connectivity index (χ1n) is 7.47. The molecule has 0 fully saturated rings. The Kier molecular flexibility index (Phi) is 2.90.